The zero-order valence-electron chi connectivity index (χ0n) is 7.81. The number of hydrogen-bond donors (Lipinski definition) is 0. The van der Waals surface area contributed by atoms with Crippen LogP contribution in [0.2, 0.25) is 0 Å². The first-order valence-corrected chi connectivity index (χ1v) is 4.55. The van der Waals surface area contributed by atoms with E-state index in [9.17, 15) is 0 Å². The van der Waals surface area contributed by atoms with E-state index in [0.29, 0.717) is 6.04 Å². The molecule has 1 aromatic rings. The van der Waals surface area contributed by atoms with Gasteiger partial charge in [-0.1, -0.05) is 6.07 Å². The lowest BCUT2D eigenvalue weighted by molar-refractivity contribution is 0.727. The fourth-order valence-corrected chi connectivity index (χ4v) is 1.80. The molecule has 72 valence electrons. The maximum atomic E-state index is 4.34. The lowest BCUT2D eigenvalue weighted by Gasteiger charge is -2.21. The maximum absolute atomic E-state index is 4.34. The van der Waals surface area contributed by atoms with Crippen LogP contribution in [0.1, 0.15) is 19.8 Å². The minimum atomic E-state index is 0. The van der Waals surface area contributed by atoms with Crippen LogP contribution in [0, 0.1) is 0 Å². The molecule has 0 saturated carbocycles. The lowest BCUT2D eigenvalue weighted by Crippen LogP contribution is -2.26. The average molecular weight is 199 g/mol. The van der Waals surface area contributed by atoms with E-state index in [2.05, 4.69) is 22.9 Å². The molecule has 1 fully saturated rings. The van der Waals surface area contributed by atoms with E-state index in [0.717, 1.165) is 12.4 Å². The SMILES string of the molecule is CC1CCCN1c1ccccn1.Cl. The highest BCUT2D eigenvalue weighted by atomic mass is 35.5. The van der Waals surface area contributed by atoms with Gasteiger partial charge in [0.2, 0.25) is 0 Å². The van der Waals surface area contributed by atoms with Gasteiger partial charge >= 0.3 is 0 Å². The number of nitrogens with zero attached hydrogens (tertiary/aromatic N) is 2. The van der Waals surface area contributed by atoms with E-state index in [1.54, 1.807) is 0 Å². The smallest absolute Gasteiger partial charge is 0.128 e. The number of anilines is 1. The molecule has 0 bridgehead atoms. The molecule has 1 aliphatic rings. The Hall–Kier alpha value is -0.760. The summed E-state index contributed by atoms with van der Waals surface area (Å²) in [5.41, 5.74) is 0. The van der Waals surface area contributed by atoms with E-state index in [1.807, 2.05) is 18.3 Å². The van der Waals surface area contributed by atoms with Crippen molar-refractivity contribution in [2.24, 2.45) is 0 Å². The van der Waals surface area contributed by atoms with Crippen LogP contribution >= 0.6 is 12.4 Å². The van der Waals surface area contributed by atoms with Crippen LogP contribution in [0.3, 0.4) is 0 Å². The number of rotatable bonds is 1. The van der Waals surface area contributed by atoms with Crippen molar-refractivity contribution in [3.63, 3.8) is 0 Å². The van der Waals surface area contributed by atoms with Crippen molar-refractivity contribution in [2.45, 2.75) is 25.8 Å². The Morgan fingerprint density at radius 1 is 1.46 bits per heavy atom. The van der Waals surface area contributed by atoms with Crippen molar-refractivity contribution in [3.05, 3.63) is 24.4 Å². The fourth-order valence-electron chi connectivity index (χ4n) is 1.80. The summed E-state index contributed by atoms with van der Waals surface area (Å²) in [6.07, 6.45) is 4.47. The molecule has 2 rings (SSSR count). The van der Waals surface area contributed by atoms with Gasteiger partial charge in [0.25, 0.3) is 0 Å². The minimum absolute atomic E-state index is 0. The zero-order valence-corrected chi connectivity index (χ0v) is 8.63. The molecule has 2 heterocycles. The third-order valence-corrected chi connectivity index (χ3v) is 2.50. The van der Waals surface area contributed by atoms with Crippen LogP contribution in [0.15, 0.2) is 24.4 Å². The molecule has 1 unspecified atom stereocenters. The predicted molar refractivity (Wildman–Crippen MR) is 57.5 cm³/mol. The fraction of sp³-hybridized carbons (Fsp3) is 0.500. The van der Waals surface area contributed by atoms with Gasteiger partial charge < -0.3 is 4.90 Å². The maximum Gasteiger partial charge on any atom is 0.128 e. The quantitative estimate of drug-likeness (QED) is 0.690. The Morgan fingerprint density at radius 3 is 2.85 bits per heavy atom. The molecule has 1 aliphatic heterocycles. The normalized spacial score (nSPS) is 21.3. The van der Waals surface area contributed by atoms with E-state index in [4.69, 9.17) is 0 Å². The molecular formula is C10H15ClN2. The molecule has 1 aromatic heterocycles. The third kappa shape index (κ3) is 2.13. The largest absolute Gasteiger partial charge is 0.354 e. The Bertz CT molecular complexity index is 250. The molecule has 0 aliphatic carbocycles. The van der Waals surface area contributed by atoms with Crippen LogP contribution in [-0.2, 0) is 0 Å². The second-order valence-corrected chi connectivity index (χ2v) is 3.37. The first-order valence-electron chi connectivity index (χ1n) is 4.55. The highest BCUT2D eigenvalue weighted by molar-refractivity contribution is 5.85. The van der Waals surface area contributed by atoms with Crippen LogP contribution in [0.5, 0.6) is 0 Å². The number of pyridine rings is 1. The summed E-state index contributed by atoms with van der Waals surface area (Å²) >= 11 is 0. The number of hydrogen-bond acceptors (Lipinski definition) is 2. The second kappa shape index (κ2) is 4.47. The van der Waals surface area contributed by atoms with Gasteiger partial charge in [0.1, 0.15) is 5.82 Å². The molecule has 0 amide bonds. The number of aromatic nitrogens is 1. The molecule has 1 atom stereocenters. The van der Waals surface area contributed by atoms with E-state index in [-0.39, 0.29) is 12.4 Å². The summed E-state index contributed by atoms with van der Waals surface area (Å²) in [6, 6.07) is 6.76. The van der Waals surface area contributed by atoms with Gasteiger partial charge in [-0.2, -0.15) is 0 Å². The van der Waals surface area contributed by atoms with Crippen LogP contribution in [-0.4, -0.2) is 17.6 Å². The van der Waals surface area contributed by atoms with Crippen LogP contribution < -0.4 is 4.90 Å². The van der Waals surface area contributed by atoms with Crippen molar-refractivity contribution in [1.82, 2.24) is 4.98 Å². The minimum Gasteiger partial charge on any atom is -0.354 e. The van der Waals surface area contributed by atoms with Crippen molar-refractivity contribution in [1.29, 1.82) is 0 Å². The van der Waals surface area contributed by atoms with Crippen molar-refractivity contribution >= 4 is 18.2 Å². The molecule has 2 nitrogen and oxygen atoms in total. The van der Waals surface area contributed by atoms with Crippen molar-refractivity contribution in [3.8, 4) is 0 Å². The third-order valence-electron chi connectivity index (χ3n) is 2.50. The molecular weight excluding hydrogens is 184 g/mol. The first kappa shape index (κ1) is 10.3. The van der Waals surface area contributed by atoms with Gasteiger partial charge in [-0.3, -0.25) is 0 Å². The summed E-state index contributed by atoms with van der Waals surface area (Å²) < 4.78 is 0. The summed E-state index contributed by atoms with van der Waals surface area (Å²) in [4.78, 5) is 6.71. The standard InChI is InChI=1S/C10H14N2.ClH/c1-9-5-4-8-12(9)10-6-2-3-7-11-10;/h2-3,6-7,9H,4-5,8H2,1H3;1H. The monoisotopic (exact) mass is 198 g/mol. The predicted octanol–water partition coefficient (Wildman–Crippen LogP) is 2.49. The van der Waals surface area contributed by atoms with Gasteiger partial charge in [0.05, 0.1) is 0 Å². The molecule has 0 N–H and O–H groups in total. The topological polar surface area (TPSA) is 16.1 Å². The molecule has 0 aromatic carbocycles. The van der Waals surface area contributed by atoms with Crippen LogP contribution in [0.25, 0.3) is 0 Å². The van der Waals surface area contributed by atoms with Gasteiger partial charge in [0.15, 0.2) is 0 Å². The molecule has 3 heteroatoms. The highest BCUT2D eigenvalue weighted by Gasteiger charge is 2.20. The van der Waals surface area contributed by atoms with Crippen LogP contribution in [0.4, 0.5) is 5.82 Å². The molecule has 1 saturated heterocycles. The molecule has 13 heavy (non-hydrogen) atoms. The van der Waals surface area contributed by atoms with Gasteiger partial charge in [-0.25, -0.2) is 4.98 Å². The summed E-state index contributed by atoms with van der Waals surface area (Å²) in [7, 11) is 0. The zero-order chi connectivity index (χ0) is 8.39. The van der Waals surface area contributed by atoms with E-state index in [1.165, 1.54) is 12.8 Å². The summed E-state index contributed by atoms with van der Waals surface area (Å²) in [5, 5.41) is 0. The first-order chi connectivity index (χ1) is 5.88. The van der Waals surface area contributed by atoms with Gasteiger partial charge in [0, 0.05) is 18.8 Å². The van der Waals surface area contributed by atoms with Gasteiger partial charge in [-0.15, -0.1) is 12.4 Å². The summed E-state index contributed by atoms with van der Waals surface area (Å²) in [5.74, 6) is 1.13. The number of halogens is 1. The van der Waals surface area contributed by atoms with Crippen molar-refractivity contribution in [2.75, 3.05) is 11.4 Å². The highest BCUT2D eigenvalue weighted by Crippen LogP contribution is 2.22. The van der Waals surface area contributed by atoms with Gasteiger partial charge in [-0.05, 0) is 31.9 Å². The Kier molecular flexibility index (Phi) is 3.55. The molecule has 0 radical (unpaired) electrons. The Balaban J connectivity index is 0.000000845. The Morgan fingerprint density at radius 2 is 2.31 bits per heavy atom. The second-order valence-electron chi connectivity index (χ2n) is 3.37. The van der Waals surface area contributed by atoms with E-state index >= 15 is 0 Å². The summed E-state index contributed by atoms with van der Waals surface area (Å²) in [6.45, 7) is 3.43. The van der Waals surface area contributed by atoms with E-state index < -0.39 is 0 Å². The van der Waals surface area contributed by atoms with Crippen molar-refractivity contribution < 1.29 is 0 Å². The molecule has 0 spiro atoms. The Labute approximate surface area is 85.4 Å². The lowest BCUT2D eigenvalue weighted by atomic mass is 10.2. The average Bonchev–Trinajstić information content (AvgIpc) is 2.53.